The Kier molecular flexibility index (Phi) is 5.47. The Bertz CT molecular complexity index is 188. The fourth-order valence-electron chi connectivity index (χ4n) is 2.05. The van der Waals surface area contributed by atoms with E-state index in [1.165, 1.54) is 19.3 Å². The third-order valence-corrected chi connectivity index (χ3v) is 2.97. The van der Waals surface area contributed by atoms with Gasteiger partial charge in [-0.3, -0.25) is 0 Å². The highest BCUT2D eigenvalue weighted by atomic mass is 16.2. The minimum absolute atomic E-state index is 0.0556. The molecule has 1 saturated carbocycles. The first-order valence-electron chi connectivity index (χ1n) is 5.98. The first kappa shape index (κ1) is 12.3. The van der Waals surface area contributed by atoms with Crippen LogP contribution in [0.4, 0.5) is 4.79 Å². The first-order valence-corrected chi connectivity index (χ1v) is 5.98. The summed E-state index contributed by atoms with van der Waals surface area (Å²) in [5.41, 5.74) is 0. The van der Waals surface area contributed by atoms with Crippen LogP contribution in [0.2, 0.25) is 0 Å². The molecule has 1 rings (SSSR count). The lowest BCUT2D eigenvalue weighted by atomic mass is 9.91. The summed E-state index contributed by atoms with van der Waals surface area (Å²) in [5, 5.41) is 9.09. The summed E-state index contributed by atoms with van der Waals surface area (Å²) in [6.45, 7) is 3.30. The van der Waals surface area contributed by atoms with Crippen molar-refractivity contribution in [2.45, 2.75) is 51.1 Å². The van der Waals surface area contributed by atoms with E-state index in [1.807, 2.05) is 0 Å². The molecule has 0 aromatic carbocycles. The molecule has 0 unspecified atom stereocenters. The van der Waals surface area contributed by atoms with Gasteiger partial charge in [0.15, 0.2) is 0 Å². The zero-order chi connectivity index (χ0) is 11.1. The second kappa shape index (κ2) is 6.67. The Labute approximate surface area is 92.2 Å². The van der Waals surface area contributed by atoms with Gasteiger partial charge in [0.05, 0.1) is 0 Å². The Hall–Kier alpha value is -0.770. The highest BCUT2D eigenvalue weighted by Gasteiger charge is 2.21. The van der Waals surface area contributed by atoms with E-state index < -0.39 is 0 Å². The molecular formula is C11H23N3O. The number of urea groups is 1. The van der Waals surface area contributed by atoms with Gasteiger partial charge in [-0.05, 0) is 38.6 Å². The molecule has 0 saturated heterocycles. The second-order valence-electron chi connectivity index (χ2n) is 4.23. The standard InChI is InChI=1S/C11H23N3O/c1-3-8-13-9-4-6-10(7-5-9)14-11(15)12-2/h9-10,13H,3-8H2,1-2H3,(H2,12,14,15). The third kappa shape index (κ3) is 4.51. The highest BCUT2D eigenvalue weighted by molar-refractivity contribution is 5.73. The molecule has 0 aromatic heterocycles. The summed E-state index contributed by atoms with van der Waals surface area (Å²) < 4.78 is 0. The number of carbonyl (C=O) groups excluding carboxylic acids is 1. The summed E-state index contributed by atoms with van der Waals surface area (Å²) in [7, 11) is 1.66. The van der Waals surface area contributed by atoms with Gasteiger partial charge in [0.25, 0.3) is 0 Å². The smallest absolute Gasteiger partial charge is 0.314 e. The summed E-state index contributed by atoms with van der Waals surface area (Å²) in [6.07, 6.45) is 5.73. The third-order valence-electron chi connectivity index (χ3n) is 2.97. The average Bonchev–Trinajstić information content (AvgIpc) is 2.28. The van der Waals surface area contributed by atoms with E-state index in [-0.39, 0.29) is 6.03 Å². The normalized spacial score (nSPS) is 26.0. The van der Waals surface area contributed by atoms with Crippen molar-refractivity contribution in [2.24, 2.45) is 0 Å². The number of amides is 2. The van der Waals surface area contributed by atoms with E-state index in [4.69, 9.17) is 0 Å². The van der Waals surface area contributed by atoms with E-state index in [1.54, 1.807) is 7.05 Å². The molecule has 15 heavy (non-hydrogen) atoms. The fraction of sp³-hybridized carbons (Fsp3) is 0.909. The number of hydrogen-bond acceptors (Lipinski definition) is 2. The monoisotopic (exact) mass is 213 g/mol. The zero-order valence-corrected chi connectivity index (χ0v) is 9.81. The molecule has 88 valence electrons. The van der Waals surface area contributed by atoms with Crippen molar-refractivity contribution in [2.75, 3.05) is 13.6 Å². The summed E-state index contributed by atoms with van der Waals surface area (Å²) in [4.78, 5) is 11.1. The molecule has 3 N–H and O–H groups in total. The van der Waals surface area contributed by atoms with Gasteiger partial charge in [0.1, 0.15) is 0 Å². The molecule has 1 aliphatic rings. The van der Waals surface area contributed by atoms with Crippen LogP contribution in [0.1, 0.15) is 39.0 Å². The zero-order valence-electron chi connectivity index (χ0n) is 9.81. The van der Waals surface area contributed by atoms with Gasteiger partial charge < -0.3 is 16.0 Å². The van der Waals surface area contributed by atoms with Crippen molar-refractivity contribution in [1.82, 2.24) is 16.0 Å². The molecule has 0 heterocycles. The minimum Gasteiger partial charge on any atom is -0.341 e. The van der Waals surface area contributed by atoms with E-state index in [2.05, 4.69) is 22.9 Å². The molecule has 0 atom stereocenters. The van der Waals surface area contributed by atoms with Crippen LogP contribution < -0.4 is 16.0 Å². The van der Waals surface area contributed by atoms with Crippen LogP contribution in [0.15, 0.2) is 0 Å². The van der Waals surface area contributed by atoms with Gasteiger partial charge in [-0.1, -0.05) is 6.92 Å². The Balaban J connectivity index is 2.15. The quantitative estimate of drug-likeness (QED) is 0.658. The maximum atomic E-state index is 11.1. The van der Waals surface area contributed by atoms with Crippen LogP contribution in [0, 0.1) is 0 Å². The molecule has 0 aliphatic heterocycles. The van der Waals surface area contributed by atoms with Gasteiger partial charge in [0.2, 0.25) is 0 Å². The van der Waals surface area contributed by atoms with E-state index >= 15 is 0 Å². The molecule has 0 radical (unpaired) electrons. The largest absolute Gasteiger partial charge is 0.341 e. The van der Waals surface area contributed by atoms with Gasteiger partial charge in [-0.15, -0.1) is 0 Å². The first-order chi connectivity index (χ1) is 7.26. The fourth-order valence-corrected chi connectivity index (χ4v) is 2.05. The van der Waals surface area contributed by atoms with Gasteiger partial charge in [-0.2, -0.15) is 0 Å². The molecule has 0 bridgehead atoms. The minimum atomic E-state index is -0.0556. The topological polar surface area (TPSA) is 53.2 Å². The molecule has 0 spiro atoms. The molecule has 4 nitrogen and oxygen atoms in total. The molecule has 1 aliphatic carbocycles. The lowest BCUT2D eigenvalue weighted by molar-refractivity contribution is 0.231. The van der Waals surface area contributed by atoms with Crippen molar-refractivity contribution < 1.29 is 4.79 Å². The van der Waals surface area contributed by atoms with Crippen LogP contribution in [-0.2, 0) is 0 Å². The predicted molar refractivity (Wildman–Crippen MR) is 61.9 cm³/mol. The van der Waals surface area contributed by atoms with Crippen LogP contribution in [0.5, 0.6) is 0 Å². The maximum absolute atomic E-state index is 11.1. The highest BCUT2D eigenvalue weighted by Crippen LogP contribution is 2.18. The van der Waals surface area contributed by atoms with Crippen LogP contribution in [0.25, 0.3) is 0 Å². The maximum Gasteiger partial charge on any atom is 0.314 e. The van der Waals surface area contributed by atoms with Crippen molar-refractivity contribution >= 4 is 6.03 Å². The summed E-state index contributed by atoms with van der Waals surface area (Å²) in [6, 6.07) is 0.970. The van der Waals surface area contributed by atoms with Crippen LogP contribution in [-0.4, -0.2) is 31.7 Å². The average molecular weight is 213 g/mol. The summed E-state index contributed by atoms with van der Waals surface area (Å²) >= 11 is 0. The second-order valence-corrected chi connectivity index (χ2v) is 4.23. The van der Waals surface area contributed by atoms with Crippen LogP contribution in [0.3, 0.4) is 0 Å². The van der Waals surface area contributed by atoms with E-state index in [0.29, 0.717) is 12.1 Å². The van der Waals surface area contributed by atoms with Crippen molar-refractivity contribution in [3.8, 4) is 0 Å². The lowest BCUT2D eigenvalue weighted by Crippen LogP contribution is -2.45. The Morgan fingerprint density at radius 2 is 1.80 bits per heavy atom. The predicted octanol–water partition coefficient (Wildman–Crippen LogP) is 1.23. The number of carbonyl (C=O) groups is 1. The molecular weight excluding hydrogens is 190 g/mol. The SMILES string of the molecule is CCCNC1CCC(NC(=O)NC)CC1. The molecule has 2 amide bonds. The van der Waals surface area contributed by atoms with Crippen molar-refractivity contribution in [1.29, 1.82) is 0 Å². The number of nitrogens with one attached hydrogen (secondary N) is 3. The number of hydrogen-bond donors (Lipinski definition) is 3. The van der Waals surface area contributed by atoms with Gasteiger partial charge >= 0.3 is 6.03 Å². The van der Waals surface area contributed by atoms with Crippen LogP contribution >= 0.6 is 0 Å². The lowest BCUT2D eigenvalue weighted by Gasteiger charge is -2.29. The van der Waals surface area contributed by atoms with Gasteiger partial charge in [-0.25, -0.2) is 4.79 Å². The Morgan fingerprint density at radius 3 is 2.33 bits per heavy atom. The molecule has 4 heteroatoms. The van der Waals surface area contributed by atoms with Crippen molar-refractivity contribution in [3.05, 3.63) is 0 Å². The van der Waals surface area contributed by atoms with Gasteiger partial charge in [0, 0.05) is 19.1 Å². The Morgan fingerprint density at radius 1 is 1.20 bits per heavy atom. The van der Waals surface area contributed by atoms with Crippen molar-refractivity contribution in [3.63, 3.8) is 0 Å². The molecule has 0 aromatic rings. The summed E-state index contributed by atoms with van der Waals surface area (Å²) in [5.74, 6) is 0. The molecule has 1 fully saturated rings. The number of rotatable bonds is 4. The van der Waals surface area contributed by atoms with E-state index in [0.717, 1.165) is 19.4 Å². The van der Waals surface area contributed by atoms with E-state index in [9.17, 15) is 4.79 Å².